The van der Waals surface area contributed by atoms with Gasteiger partial charge in [-0.15, -0.1) is 5.73 Å². The zero-order valence-corrected chi connectivity index (χ0v) is 4.77. The molecule has 0 fully saturated rings. The molecular weight excluding hydrogens is 102 g/mol. The minimum atomic E-state index is -0.361. The Labute approximate surface area is 48.2 Å². The van der Waals surface area contributed by atoms with Gasteiger partial charge in [-0.3, -0.25) is 4.79 Å². The number of aliphatic imine (C=N–C) groups is 1. The van der Waals surface area contributed by atoms with E-state index in [4.69, 9.17) is 0 Å². The summed E-state index contributed by atoms with van der Waals surface area (Å²) in [5.41, 5.74) is 2.80. The highest BCUT2D eigenvalue weighted by Gasteiger charge is 1.94. The molecule has 0 aliphatic carbocycles. The van der Waals surface area contributed by atoms with E-state index in [9.17, 15) is 4.79 Å². The first-order chi connectivity index (χ1) is 3.72. The van der Waals surface area contributed by atoms with E-state index >= 15 is 0 Å². The molecule has 0 atom stereocenters. The van der Waals surface area contributed by atoms with Crippen molar-refractivity contribution in [3.05, 3.63) is 17.9 Å². The summed E-state index contributed by atoms with van der Waals surface area (Å²) in [4.78, 5) is 13.5. The van der Waals surface area contributed by atoms with Crippen molar-refractivity contribution in [3.8, 4) is 0 Å². The van der Waals surface area contributed by atoms with Gasteiger partial charge in [0.15, 0.2) is 0 Å². The summed E-state index contributed by atoms with van der Waals surface area (Å²) in [7, 11) is 0. The van der Waals surface area contributed by atoms with Gasteiger partial charge in [-0.25, -0.2) is 4.99 Å². The maximum Gasteiger partial charge on any atom is 0.279 e. The van der Waals surface area contributed by atoms with Crippen molar-refractivity contribution in [2.45, 2.75) is 6.92 Å². The molecule has 0 aromatic carbocycles. The Bertz CT molecular complexity index is 163. The number of carbonyl (C=O) groups excluding carboxylic acids is 1. The van der Waals surface area contributed by atoms with Gasteiger partial charge in [0.25, 0.3) is 5.91 Å². The summed E-state index contributed by atoms with van der Waals surface area (Å²) in [6.07, 6.45) is 0. The van der Waals surface area contributed by atoms with Crippen molar-refractivity contribution in [2.24, 2.45) is 4.99 Å². The average molecular weight is 109 g/mol. The molecule has 0 heterocycles. The van der Waals surface area contributed by atoms with Crippen LogP contribution >= 0.6 is 0 Å². The number of hydrogen-bond donors (Lipinski definition) is 0. The van der Waals surface area contributed by atoms with Crippen LogP contribution in [0, 0.1) is 0 Å². The van der Waals surface area contributed by atoms with Gasteiger partial charge in [-0.05, 0) is 13.6 Å². The smallest absolute Gasteiger partial charge is 0.266 e. The fourth-order valence-electron chi connectivity index (χ4n) is 0.194. The summed E-state index contributed by atoms with van der Waals surface area (Å²) in [5.74, 6) is -0.361. The third kappa shape index (κ3) is 1.54. The molecule has 0 N–H and O–H groups in total. The lowest BCUT2D eigenvalue weighted by Crippen LogP contribution is -1.90. The minimum Gasteiger partial charge on any atom is -0.266 e. The van der Waals surface area contributed by atoms with Crippen molar-refractivity contribution in [3.63, 3.8) is 0 Å². The fourth-order valence-corrected chi connectivity index (χ4v) is 0.194. The highest BCUT2D eigenvalue weighted by molar-refractivity contribution is 5.95. The molecule has 0 aromatic rings. The number of nitrogens with zero attached hydrogens (tertiary/aromatic N) is 1. The Balaban J connectivity index is 4.25. The highest BCUT2D eigenvalue weighted by atomic mass is 16.1. The van der Waals surface area contributed by atoms with Gasteiger partial charge >= 0.3 is 0 Å². The summed E-state index contributed by atoms with van der Waals surface area (Å²) in [6, 6.07) is 0. The number of rotatable bonds is 1. The van der Waals surface area contributed by atoms with E-state index in [0.717, 1.165) is 0 Å². The van der Waals surface area contributed by atoms with E-state index in [2.05, 4.69) is 24.0 Å². The molecule has 1 amide bonds. The minimum absolute atomic E-state index is 0.361. The van der Waals surface area contributed by atoms with E-state index in [-0.39, 0.29) is 5.91 Å². The molecule has 2 nitrogen and oxygen atoms in total. The summed E-state index contributed by atoms with van der Waals surface area (Å²) < 4.78 is 0. The van der Waals surface area contributed by atoms with Gasteiger partial charge in [0.2, 0.25) is 0 Å². The van der Waals surface area contributed by atoms with Gasteiger partial charge in [0, 0.05) is 0 Å². The second-order valence-corrected chi connectivity index (χ2v) is 1.27. The molecular formula is C6H7NO. The Hall–Kier alpha value is -1.14. The second kappa shape index (κ2) is 2.94. The van der Waals surface area contributed by atoms with Crippen molar-refractivity contribution in [1.29, 1.82) is 0 Å². The van der Waals surface area contributed by atoms with Crippen LogP contribution in [-0.4, -0.2) is 12.6 Å². The zero-order chi connectivity index (χ0) is 6.57. The third-order valence-corrected chi connectivity index (χ3v) is 0.730. The van der Waals surface area contributed by atoms with Gasteiger partial charge in [0.1, 0.15) is 0 Å². The number of amides is 1. The van der Waals surface area contributed by atoms with Gasteiger partial charge in [-0.1, -0.05) is 6.58 Å². The maximum absolute atomic E-state index is 10.4. The molecule has 0 aliphatic heterocycles. The Morgan fingerprint density at radius 2 is 2.25 bits per heavy atom. The van der Waals surface area contributed by atoms with Crippen LogP contribution in [0.25, 0.3) is 0 Å². The topological polar surface area (TPSA) is 29.4 Å². The summed E-state index contributed by atoms with van der Waals surface area (Å²) >= 11 is 0. The summed E-state index contributed by atoms with van der Waals surface area (Å²) in [6.45, 7) is 7.89. The lowest BCUT2D eigenvalue weighted by Gasteiger charge is -1.82. The molecule has 0 aromatic heterocycles. The van der Waals surface area contributed by atoms with Gasteiger partial charge in [0.05, 0.1) is 5.57 Å². The zero-order valence-electron chi connectivity index (χ0n) is 4.77. The fraction of sp³-hybridized carbons (Fsp3) is 0.167. The van der Waals surface area contributed by atoms with E-state index in [1.807, 2.05) is 0 Å². The summed E-state index contributed by atoms with van der Waals surface area (Å²) in [5, 5.41) is 0. The first-order valence-electron chi connectivity index (χ1n) is 2.10. The SMILES string of the molecule is C=C=C(C)C(=O)N=C. The van der Waals surface area contributed by atoms with Gasteiger partial charge in [-0.2, -0.15) is 0 Å². The van der Waals surface area contributed by atoms with Crippen LogP contribution in [0.15, 0.2) is 22.9 Å². The van der Waals surface area contributed by atoms with Crippen LogP contribution in [0.2, 0.25) is 0 Å². The molecule has 0 bridgehead atoms. The molecule has 2 heteroatoms. The molecule has 0 aliphatic rings. The quantitative estimate of drug-likeness (QED) is 0.280. The molecule has 0 radical (unpaired) electrons. The van der Waals surface area contributed by atoms with Crippen LogP contribution in [0.5, 0.6) is 0 Å². The van der Waals surface area contributed by atoms with Crippen molar-refractivity contribution in [2.75, 3.05) is 0 Å². The van der Waals surface area contributed by atoms with E-state index in [1.54, 1.807) is 6.92 Å². The highest BCUT2D eigenvalue weighted by Crippen LogP contribution is 1.89. The first-order valence-corrected chi connectivity index (χ1v) is 2.10. The van der Waals surface area contributed by atoms with E-state index < -0.39 is 0 Å². The first kappa shape index (κ1) is 6.86. The van der Waals surface area contributed by atoms with Crippen LogP contribution in [0.4, 0.5) is 0 Å². The Morgan fingerprint density at radius 1 is 1.75 bits per heavy atom. The molecule has 8 heavy (non-hydrogen) atoms. The van der Waals surface area contributed by atoms with Crippen LogP contribution in [-0.2, 0) is 4.79 Å². The van der Waals surface area contributed by atoms with E-state index in [0.29, 0.717) is 5.57 Å². The second-order valence-electron chi connectivity index (χ2n) is 1.27. The van der Waals surface area contributed by atoms with Gasteiger partial charge < -0.3 is 0 Å². The van der Waals surface area contributed by atoms with Crippen LogP contribution in [0.1, 0.15) is 6.92 Å². The molecule has 0 unspecified atom stereocenters. The monoisotopic (exact) mass is 109 g/mol. The Morgan fingerprint density at radius 3 is 2.38 bits per heavy atom. The molecule has 0 saturated heterocycles. The van der Waals surface area contributed by atoms with E-state index in [1.165, 1.54) is 0 Å². The largest absolute Gasteiger partial charge is 0.279 e. The maximum atomic E-state index is 10.4. The Kier molecular flexibility index (Phi) is 2.52. The van der Waals surface area contributed by atoms with Crippen LogP contribution < -0.4 is 0 Å². The molecule has 42 valence electrons. The molecule has 0 rings (SSSR count). The molecule has 0 saturated carbocycles. The van der Waals surface area contributed by atoms with Crippen LogP contribution in [0.3, 0.4) is 0 Å². The number of hydrogen-bond acceptors (Lipinski definition) is 1. The third-order valence-electron chi connectivity index (χ3n) is 0.730. The lowest BCUT2D eigenvalue weighted by atomic mass is 10.3. The average Bonchev–Trinajstić information content (AvgIpc) is 1.84. The molecule has 0 spiro atoms. The predicted octanol–water partition coefficient (Wildman–Crippen LogP) is 0.945. The number of carbonyl (C=O) groups is 1. The predicted molar refractivity (Wildman–Crippen MR) is 32.9 cm³/mol. The van der Waals surface area contributed by atoms with Crippen molar-refractivity contribution < 1.29 is 4.79 Å². The van der Waals surface area contributed by atoms with Crippen molar-refractivity contribution >= 4 is 12.6 Å². The lowest BCUT2D eigenvalue weighted by molar-refractivity contribution is -0.114. The van der Waals surface area contributed by atoms with Crippen molar-refractivity contribution in [1.82, 2.24) is 0 Å². The normalized spacial score (nSPS) is 7.12. The standard InChI is InChI=1S/C6H7NO/c1-4-5(2)6(8)7-3/h1,3H2,2H3.